The molecule has 12 heteroatoms. The fourth-order valence-corrected chi connectivity index (χ4v) is 3.17. The first kappa shape index (κ1) is 28.4. The van der Waals surface area contributed by atoms with E-state index in [9.17, 15) is 24.3 Å². The summed E-state index contributed by atoms with van der Waals surface area (Å²) in [5.41, 5.74) is 11.7. The van der Waals surface area contributed by atoms with Gasteiger partial charge in [-0.3, -0.25) is 14.4 Å². The Bertz CT molecular complexity index is 782. The van der Waals surface area contributed by atoms with Crippen LogP contribution in [0.5, 0.6) is 0 Å². The van der Waals surface area contributed by atoms with Crippen molar-refractivity contribution in [3.8, 4) is 0 Å². The Kier molecular flexibility index (Phi) is 13.1. The van der Waals surface area contributed by atoms with Crippen LogP contribution < -0.4 is 27.4 Å². The van der Waals surface area contributed by atoms with Crippen molar-refractivity contribution >= 4 is 36.3 Å². The third-order valence-corrected chi connectivity index (χ3v) is 5.19. The zero-order valence-corrected chi connectivity index (χ0v) is 19.2. The van der Waals surface area contributed by atoms with Crippen LogP contribution in [0.1, 0.15) is 24.8 Å². The summed E-state index contributed by atoms with van der Waals surface area (Å²) in [6.45, 7) is -0.196. The first-order valence-corrected chi connectivity index (χ1v) is 11.2. The molecule has 0 aliphatic heterocycles. The molecule has 0 radical (unpaired) electrons. The van der Waals surface area contributed by atoms with Crippen LogP contribution in [0.25, 0.3) is 0 Å². The molecule has 0 spiro atoms. The van der Waals surface area contributed by atoms with Gasteiger partial charge in [-0.05, 0) is 31.4 Å². The number of hydrogen-bond donors (Lipinski definition) is 8. The van der Waals surface area contributed by atoms with E-state index >= 15 is 0 Å². The Balaban J connectivity index is 2.90. The van der Waals surface area contributed by atoms with Gasteiger partial charge in [-0.25, -0.2) is 4.79 Å². The van der Waals surface area contributed by atoms with Crippen molar-refractivity contribution in [2.24, 2.45) is 11.5 Å². The molecule has 0 aliphatic rings. The molecule has 0 saturated heterocycles. The monoisotopic (exact) mass is 483 g/mol. The van der Waals surface area contributed by atoms with Gasteiger partial charge in [-0.15, -0.1) is 0 Å². The third kappa shape index (κ3) is 10.2. The lowest BCUT2D eigenvalue weighted by molar-refractivity contribution is -0.142. The van der Waals surface area contributed by atoms with Gasteiger partial charge in [0, 0.05) is 12.2 Å². The molecule has 0 aliphatic carbocycles. The van der Waals surface area contributed by atoms with Crippen LogP contribution in [-0.4, -0.2) is 77.0 Å². The second-order valence-corrected chi connectivity index (χ2v) is 7.83. The van der Waals surface area contributed by atoms with E-state index in [-0.39, 0.29) is 18.6 Å². The molecule has 4 atom stereocenters. The highest BCUT2D eigenvalue weighted by Gasteiger charge is 2.29. The van der Waals surface area contributed by atoms with Crippen molar-refractivity contribution in [2.45, 2.75) is 49.9 Å². The van der Waals surface area contributed by atoms with Crippen LogP contribution in [0.4, 0.5) is 0 Å². The van der Waals surface area contributed by atoms with Gasteiger partial charge in [-0.2, -0.15) is 12.6 Å². The predicted octanol–water partition coefficient (Wildman–Crippen LogP) is -1.85. The molecule has 1 rings (SSSR count). The number of carboxylic acids is 1. The molecule has 1 aromatic carbocycles. The van der Waals surface area contributed by atoms with Crippen molar-refractivity contribution in [1.82, 2.24) is 16.0 Å². The number of thiol groups is 1. The van der Waals surface area contributed by atoms with Gasteiger partial charge < -0.3 is 37.6 Å². The number of unbranched alkanes of at least 4 members (excludes halogenated alkanes) is 1. The highest BCUT2D eigenvalue weighted by atomic mass is 32.1. The summed E-state index contributed by atoms with van der Waals surface area (Å²) in [5, 5.41) is 25.8. The lowest BCUT2D eigenvalue weighted by Gasteiger charge is -2.24. The molecule has 184 valence electrons. The molecule has 9 N–H and O–H groups in total. The summed E-state index contributed by atoms with van der Waals surface area (Å²) in [6, 6.07) is 4.28. The van der Waals surface area contributed by atoms with Crippen LogP contribution in [0.15, 0.2) is 30.3 Å². The smallest absolute Gasteiger partial charge is 0.326 e. The maximum Gasteiger partial charge on any atom is 0.326 e. The Morgan fingerprint density at radius 3 is 2.03 bits per heavy atom. The Hall–Kier alpha value is -2.67. The number of benzene rings is 1. The maximum absolute atomic E-state index is 12.9. The summed E-state index contributed by atoms with van der Waals surface area (Å²) in [6.07, 6.45) is 1.43. The van der Waals surface area contributed by atoms with Crippen LogP contribution in [-0.2, 0) is 25.6 Å². The summed E-state index contributed by atoms with van der Waals surface area (Å²) in [4.78, 5) is 49.2. The number of aliphatic hydroxyl groups excluding tert-OH is 1. The number of aliphatic hydroxyl groups is 1. The minimum atomic E-state index is -1.22. The number of carboxylic acid groups (broad SMARTS) is 1. The molecule has 1 aromatic rings. The molecular weight excluding hydrogens is 450 g/mol. The molecule has 0 heterocycles. The predicted molar refractivity (Wildman–Crippen MR) is 125 cm³/mol. The average Bonchev–Trinajstić information content (AvgIpc) is 2.81. The number of carbonyl (C=O) groups excluding carboxylic acids is 3. The van der Waals surface area contributed by atoms with E-state index in [4.69, 9.17) is 16.6 Å². The number of aliphatic carboxylic acids is 1. The SMILES string of the molecule is NCCCCC(NC(=O)C(CS)NC(=O)C(Cc1ccccc1)NC(=O)C(N)CO)C(=O)O. The van der Waals surface area contributed by atoms with Crippen molar-refractivity contribution in [3.63, 3.8) is 0 Å². The Labute approximate surface area is 198 Å². The third-order valence-electron chi connectivity index (χ3n) is 4.83. The molecule has 4 unspecified atom stereocenters. The number of rotatable bonds is 15. The fraction of sp³-hybridized carbons (Fsp3) is 0.524. The van der Waals surface area contributed by atoms with Crippen LogP contribution in [0, 0.1) is 0 Å². The van der Waals surface area contributed by atoms with Gasteiger partial charge >= 0.3 is 5.97 Å². The molecule has 33 heavy (non-hydrogen) atoms. The van der Waals surface area contributed by atoms with E-state index in [1.54, 1.807) is 30.3 Å². The Morgan fingerprint density at radius 2 is 1.48 bits per heavy atom. The second kappa shape index (κ2) is 15.2. The Morgan fingerprint density at radius 1 is 0.909 bits per heavy atom. The molecule has 0 saturated carbocycles. The number of nitrogens with two attached hydrogens (primary N) is 2. The van der Waals surface area contributed by atoms with Gasteiger partial charge in [0.1, 0.15) is 24.2 Å². The van der Waals surface area contributed by atoms with Gasteiger partial charge in [0.2, 0.25) is 17.7 Å². The van der Waals surface area contributed by atoms with E-state index in [0.717, 1.165) is 5.56 Å². The zero-order chi connectivity index (χ0) is 24.8. The molecular formula is C21H33N5O6S. The van der Waals surface area contributed by atoms with Gasteiger partial charge in [0.15, 0.2) is 0 Å². The largest absolute Gasteiger partial charge is 0.480 e. The summed E-state index contributed by atoms with van der Waals surface area (Å²) in [5.74, 6) is -3.42. The van der Waals surface area contributed by atoms with E-state index in [2.05, 4.69) is 28.6 Å². The molecule has 3 amide bonds. The van der Waals surface area contributed by atoms with Gasteiger partial charge in [0.25, 0.3) is 0 Å². The first-order chi connectivity index (χ1) is 15.7. The van der Waals surface area contributed by atoms with Gasteiger partial charge in [0.05, 0.1) is 6.61 Å². The quantitative estimate of drug-likeness (QED) is 0.105. The highest BCUT2D eigenvalue weighted by Crippen LogP contribution is 2.06. The van der Waals surface area contributed by atoms with Crippen molar-refractivity contribution in [2.75, 3.05) is 18.9 Å². The van der Waals surface area contributed by atoms with Crippen molar-refractivity contribution in [3.05, 3.63) is 35.9 Å². The number of amides is 3. The number of hydrogen-bond acceptors (Lipinski definition) is 8. The standard InChI is InChI=1S/C21H33N5O6S/c22-9-5-4-8-15(21(31)32)24-20(30)17(12-33)26-19(29)16(25-18(28)14(23)11-27)10-13-6-2-1-3-7-13/h1-3,6-7,14-17,27,33H,4-5,8-12,22-23H2,(H,24,30)(H,25,28)(H,26,29)(H,31,32). The minimum Gasteiger partial charge on any atom is -0.480 e. The average molecular weight is 484 g/mol. The van der Waals surface area contributed by atoms with Crippen molar-refractivity contribution in [1.29, 1.82) is 0 Å². The zero-order valence-electron chi connectivity index (χ0n) is 18.3. The second-order valence-electron chi connectivity index (χ2n) is 7.47. The van der Waals surface area contributed by atoms with E-state index < -0.39 is 54.5 Å². The number of nitrogens with one attached hydrogen (secondary N) is 3. The molecule has 0 fully saturated rings. The maximum atomic E-state index is 12.9. The minimum absolute atomic E-state index is 0.102. The van der Waals surface area contributed by atoms with Gasteiger partial charge in [-0.1, -0.05) is 30.3 Å². The summed E-state index contributed by atoms with van der Waals surface area (Å²) in [7, 11) is 0. The van der Waals surface area contributed by atoms with E-state index in [1.807, 2.05) is 0 Å². The van der Waals surface area contributed by atoms with Crippen LogP contribution >= 0.6 is 12.6 Å². The van der Waals surface area contributed by atoms with E-state index in [0.29, 0.717) is 19.4 Å². The van der Waals surface area contributed by atoms with Crippen LogP contribution in [0.3, 0.4) is 0 Å². The lowest BCUT2D eigenvalue weighted by atomic mass is 10.0. The molecule has 0 aromatic heterocycles. The summed E-state index contributed by atoms with van der Waals surface area (Å²) < 4.78 is 0. The van der Waals surface area contributed by atoms with E-state index in [1.165, 1.54) is 0 Å². The summed E-state index contributed by atoms with van der Waals surface area (Å²) >= 11 is 4.09. The van der Waals surface area contributed by atoms with Crippen molar-refractivity contribution < 1.29 is 29.4 Å². The molecule has 11 nitrogen and oxygen atoms in total. The fourth-order valence-electron chi connectivity index (χ4n) is 2.91. The first-order valence-electron chi connectivity index (χ1n) is 10.6. The lowest BCUT2D eigenvalue weighted by Crippen LogP contribution is -2.58. The molecule has 0 bridgehead atoms. The number of carbonyl (C=O) groups is 4. The van der Waals surface area contributed by atoms with Crippen LogP contribution in [0.2, 0.25) is 0 Å². The normalized spacial score (nSPS) is 14.4. The highest BCUT2D eigenvalue weighted by molar-refractivity contribution is 7.80. The topological polar surface area (TPSA) is 197 Å².